The second kappa shape index (κ2) is 8.76. The second-order valence-corrected chi connectivity index (χ2v) is 7.57. The first kappa shape index (κ1) is 22.0. The standard InChI is InChI=1S/C24H18F2N4O3/c1-30-12-15(21(31)24(30)33)6-5-13-3-2-4-14(9-13)23-28-19(11-20(29-23)22(27)32)17-10-16(25)7-8-18(17)26/h2-4,7-11,15,21,31H,12H2,1H3,(H2,27,32)/t15-,21+/m1/s1. The van der Waals surface area contributed by atoms with E-state index < -0.39 is 29.6 Å². The van der Waals surface area contributed by atoms with Crippen molar-refractivity contribution in [2.24, 2.45) is 11.7 Å². The zero-order valence-electron chi connectivity index (χ0n) is 17.4. The number of hydrogen-bond donors (Lipinski definition) is 2. The maximum Gasteiger partial charge on any atom is 0.267 e. The van der Waals surface area contributed by atoms with Crippen LogP contribution in [-0.4, -0.2) is 51.5 Å². The van der Waals surface area contributed by atoms with Gasteiger partial charge >= 0.3 is 0 Å². The fraction of sp³-hybridized carbons (Fsp3) is 0.167. The molecule has 7 nitrogen and oxygen atoms in total. The smallest absolute Gasteiger partial charge is 0.267 e. The molecule has 0 spiro atoms. The van der Waals surface area contributed by atoms with Crippen LogP contribution in [0.15, 0.2) is 48.5 Å². The summed E-state index contributed by atoms with van der Waals surface area (Å²) in [6.45, 7) is 0.318. The van der Waals surface area contributed by atoms with Crippen molar-refractivity contribution in [3.8, 4) is 34.5 Å². The zero-order chi connectivity index (χ0) is 23.7. The molecule has 3 N–H and O–H groups in total. The number of carbonyl (C=O) groups is 2. The Bertz CT molecular complexity index is 1330. The Morgan fingerprint density at radius 3 is 2.67 bits per heavy atom. The Labute approximate surface area is 187 Å². The van der Waals surface area contributed by atoms with Crippen molar-refractivity contribution < 1.29 is 23.5 Å². The van der Waals surface area contributed by atoms with Crippen molar-refractivity contribution in [2.75, 3.05) is 13.6 Å². The van der Waals surface area contributed by atoms with Gasteiger partial charge in [-0.3, -0.25) is 9.59 Å². The van der Waals surface area contributed by atoms with Crippen LogP contribution in [0.5, 0.6) is 0 Å². The molecule has 0 aliphatic carbocycles. The highest BCUT2D eigenvalue weighted by molar-refractivity contribution is 5.92. The van der Waals surface area contributed by atoms with Crippen molar-refractivity contribution >= 4 is 11.8 Å². The predicted octanol–water partition coefficient (Wildman–Crippen LogP) is 1.99. The number of aliphatic hydroxyl groups excluding tert-OH is 1. The fourth-order valence-electron chi connectivity index (χ4n) is 3.45. The third-order valence-corrected chi connectivity index (χ3v) is 5.19. The van der Waals surface area contributed by atoms with E-state index in [2.05, 4.69) is 21.8 Å². The normalized spacial score (nSPS) is 17.6. The number of rotatable bonds is 3. The van der Waals surface area contributed by atoms with Crippen LogP contribution in [0.2, 0.25) is 0 Å². The maximum atomic E-state index is 14.3. The Morgan fingerprint density at radius 1 is 1.18 bits per heavy atom. The SMILES string of the molecule is CN1C[C@@H](C#Cc2cccc(-c3nc(C(N)=O)cc(-c4cc(F)ccc4F)n3)c2)[C@H](O)C1=O. The van der Waals surface area contributed by atoms with Crippen LogP contribution in [0.1, 0.15) is 16.1 Å². The molecule has 33 heavy (non-hydrogen) atoms. The number of nitrogens with zero attached hydrogens (tertiary/aromatic N) is 3. The van der Waals surface area contributed by atoms with Gasteiger partial charge in [-0.05, 0) is 36.4 Å². The molecule has 3 aromatic rings. The van der Waals surface area contributed by atoms with Gasteiger partial charge < -0.3 is 15.7 Å². The second-order valence-electron chi connectivity index (χ2n) is 7.57. The van der Waals surface area contributed by atoms with Gasteiger partial charge in [0, 0.05) is 30.3 Å². The van der Waals surface area contributed by atoms with Crippen molar-refractivity contribution in [3.05, 3.63) is 71.4 Å². The number of halogens is 2. The molecule has 1 saturated heterocycles. The molecule has 0 saturated carbocycles. The van der Waals surface area contributed by atoms with Gasteiger partial charge in [0.1, 0.15) is 23.4 Å². The molecule has 2 heterocycles. The van der Waals surface area contributed by atoms with Crippen LogP contribution in [0, 0.1) is 29.4 Å². The number of hydrogen-bond acceptors (Lipinski definition) is 5. The molecular formula is C24H18F2N4O3. The third-order valence-electron chi connectivity index (χ3n) is 5.19. The quantitative estimate of drug-likeness (QED) is 0.596. The molecule has 1 aliphatic heterocycles. The van der Waals surface area contributed by atoms with E-state index in [-0.39, 0.29) is 28.7 Å². The lowest BCUT2D eigenvalue weighted by atomic mass is 10.0. The van der Waals surface area contributed by atoms with Crippen molar-refractivity contribution in [1.82, 2.24) is 14.9 Å². The van der Waals surface area contributed by atoms with E-state index >= 15 is 0 Å². The largest absolute Gasteiger partial charge is 0.382 e. The molecule has 9 heteroatoms. The highest BCUT2D eigenvalue weighted by Gasteiger charge is 2.35. The Balaban J connectivity index is 1.74. The minimum Gasteiger partial charge on any atom is -0.382 e. The lowest BCUT2D eigenvalue weighted by Crippen LogP contribution is -2.25. The average molecular weight is 448 g/mol. The Hall–Kier alpha value is -4.16. The van der Waals surface area contributed by atoms with Gasteiger partial charge in [0.25, 0.3) is 11.8 Å². The number of benzene rings is 2. The number of aromatic nitrogens is 2. The monoisotopic (exact) mass is 448 g/mol. The van der Waals surface area contributed by atoms with E-state index in [1.54, 1.807) is 31.3 Å². The van der Waals surface area contributed by atoms with Gasteiger partial charge in [0.05, 0.1) is 11.6 Å². The summed E-state index contributed by atoms with van der Waals surface area (Å²) in [6.07, 6.45) is -1.18. The molecule has 0 unspecified atom stereocenters. The molecular weight excluding hydrogens is 430 g/mol. The van der Waals surface area contributed by atoms with Gasteiger partial charge in [-0.2, -0.15) is 0 Å². The van der Waals surface area contributed by atoms with Gasteiger partial charge in [0.2, 0.25) is 0 Å². The first-order chi connectivity index (χ1) is 15.7. The van der Waals surface area contributed by atoms with Crippen molar-refractivity contribution in [1.29, 1.82) is 0 Å². The molecule has 4 rings (SSSR count). The van der Waals surface area contributed by atoms with Crippen LogP contribution in [0.4, 0.5) is 8.78 Å². The number of carbonyl (C=O) groups excluding carboxylic acids is 2. The summed E-state index contributed by atoms with van der Waals surface area (Å²) in [6, 6.07) is 10.8. The van der Waals surface area contributed by atoms with Crippen LogP contribution in [-0.2, 0) is 4.79 Å². The Morgan fingerprint density at radius 2 is 1.97 bits per heavy atom. The van der Waals surface area contributed by atoms with E-state index in [1.165, 1.54) is 11.0 Å². The minimum atomic E-state index is -1.18. The van der Waals surface area contributed by atoms with Crippen LogP contribution >= 0.6 is 0 Å². The van der Waals surface area contributed by atoms with Crippen molar-refractivity contribution in [2.45, 2.75) is 6.10 Å². The number of likely N-dealkylation sites (tertiary alicyclic amines) is 1. The molecule has 2 amide bonds. The van der Waals surface area contributed by atoms with E-state index in [9.17, 15) is 23.5 Å². The molecule has 1 aromatic heterocycles. The van der Waals surface area contributed by atoms with E-state index in [0.29, 0.717) is 17.7 Å². The molecule has 2 aromatic carbocycles. The maximum absolute atomic E-state index is 14.3. The van der Waals surface area contributed by atoms with Gasteiger partial charge in [-0.1, -0.05) is 24.0 Å². The molecule has 0 bridgehead atoms. The minimum absolute atomic E-state index is 0.00193. The van der Waals surface area contributed by atoms with E-state index in [4.69, 9.17) is 5.73 Å². The molecule has 166 valence electrons. The van der Waals surface area contributed by atoms with E-state index in [0.717, 1.165) is 18.2 Å². The summed E-state index contributed by atoms with van der Waals surface area (Å²) >= 11 is 0. The topological polar surface area (TPSA) is 109 Å². The van der Waals surface area contributed by atoms with Crippen molar-refractivity contribution in [3.63, 3.8) is 0 Å². The molecule has 0 radical (unpaired) electrons. The average Bonchev–Trinajstić information content (AvgIpc) is 3.05. The predicted molar refractivity (Wildman–Crippen MR) is 115 cm³/mol. The lowest BCUT2D eigenvalue weighted by molar-refractivity contribution is -0.133. The highest BCUT2D eigenvalue weighted by atomic mass is 19.1. The van der Waals surface area contributed by atoms with Gasteiger partial charge in [0.15, 0.2) is 5.82 Å². The van der Waals surface area contributed by atoms with Crippen LogP contribution in [0.3, 0.4) is 0 Å². The fourth-order valence-corrected chi connectivity index (χ4v) is 3.45. The zero-order valence-corrected chi connectivity index (χ0v) is 17.4. The van der Waals surface area contributed by atoms with Gasteiger partial charge in [-0.15, -0.1) is 0 Å². The lowest BCUT2D eigenvalue weighted by Gasteiger charge is -2.08. The highest BCUT2D eigenvalue weighted by Crippen LogP contribution is 2.26. The van der Waals surface area contributed by atoms with Crippen LogP contribution < -0.4 is 5.73 Å². The number of aliphatic hydroxyl groups is 1. The summed E-state index contributed by atoms with van der Waals surface area (Å²) < 4.78 is 28.0. The third kappa shape index (κ3) is 4.56. The Kier molecular flexibility index (Phi) is 5.85. The molecule has 1 aliphatic rings. The number of nitrogens with two attached hydrogens (primary N) is 1. The van der Waals surface area contributed by atoms with Gasteiger partial charge in [-0.25, -0.2) is 18.7 Å². The number of likely N-dealkylation sites (N-methyl/N-ethyl adjacent to an activating group) is 1. The summed E-state index contributed by atoms with van der Waals surface area (Å²) in [5.41, 5.74) is 6.09. The van der Waals surface area contributed by atoms with E-state index in [1.807, 2.05) is 0 Å². The summed E-state index contributed by atoms with van der Waals surface area (Å²) in [5, 5.41) is 9.99. The summed E-state index contributed by atoms with van der Waals surface area (Å²) in [5.74, 6) is 2.76. The first-order valence-electron chi connectivity index (χ1n) is 9.92. The number of primary amides is 1. The van der Waals surface area contributed by atoms with Crippen LogP contribution in [0.25, 0.3) is 22.6 Å². The first-order valence-corrected chi connectivity index (χ1v) is 9.92. The molecule has 1 fully saturated rings. The summed E-state index contributed by atoms with van der Waals surface area (Å²) in [7, 11) is 1.59. The summed E-state index contributed by atoms with van der Waals surface area (Å²) in [4.78, 5) is 33.4. The molecule has 2 atom stereocenters. The number of amides is 2.